The van der Waals surface area contributed by atoms with Crippen molar-refractivity contribution in [2.24, 2.45) is 0 Å². The van der Waals surface area contributed by atoms with E-state index in [1.165, 1.54) is 53.1 Å². The Bertz CT molecular complexity index is 2220. The van der Waals surface area contributed by atoms with Crippen LogP contribution in [0.1, 0.15) is 81.5 Å². The molecular formula is C47H47Cl2F9SiZr. The van der Waals surface area contributed by atoms with Gasteiger partial charge in [-0.3, -0.25) is 0 Å². The van der Waals surface area contributed by atoms with Crippen LogP contribution in [0.25, 0.3) is 43.8 Å². The van der Waals surface area contributed by atoms with Crippen LogP contribution < -0.4 is 0 Å². The third-order valence-electron chi connectivity index (χ3n) is 10.8. The Kier molecular flexibility index (Phi) is 17.1. The van der Waals surface area contributed by atoms with Crippen LogP contribution in [-0.4, -0.2) is 28.0 Å². The van der Waals surface area contributed by atoms with Crippen LogP contribution in [0.4, 0.5) is 39.5 Å². The molecule has 0 nitrogen and oxygen atoms in total. The van der Waals surface area contributed by atoms with Crippen molar-refractivity contribution in [1.82, 2.24) is 0 Å². The van der Waals surface area contributed by atoms with E-state index in [4.69, 9.17) is 17.0 Å². The Labute approximate surface area is 368 Å². The number of hydrogen-bond acceptors (Lipinski definition) is 0. The summed E-state index contributed by atoms with van der Waals surface area (Å²) in [5.74, 6) is 0.786. The van der Waals surface area contributed by atoms with E-state index in [1.807, 2.05) is 19.1 Å². The molecule has 60 heavy (non-hydrogen) atoms. The van der Waals surface area contributed by atoms with Crippen molar-refractivity contribution in [3.8, 4) is 22.3 Å². The minimum atomic E-state index is -6.63. The first-order chi connectivity index (χ1) is 28.1. The van der Waals surface area contributed by atoms with Gasteiger partial charge in [0.05, 0.1) is 0 Å². The summed E-state index contributed by atoms with van der Waals surface area (Å²) < 4.78 is 120. The van der Waals surface area contributed by atoms with Crippen LogP contribution in [0.15, 0.2) is 109 Å². The zero-order chi connectivity index (χ0) is 44.7. The number of fused-ring (bicyclic) bond motifs is 2. The molecule has 0 spiro atoms. The fourth-order valence-corrected chi connectivity index (χ4v) is 7.78. The Morgan fingerprint density at radius 2 is 1.02 bits per heavy atom. The van der Waals surface area contributed by atoms with E-state index in [0.29, 0.717) is 17.4 Å². The molecule has 1 saturated carbocycles. The van der Waals surface area contributed by atoms with Crippen molar-refractivity contribution in [2.75, 3.05) is 0 Å². The third kappa shape index (κ3) is 11.0. The molecule has 0 unspecified atom stereocenters. The molecule has 0 aromatic heterocycles. The van der Waals surface area contributed by atoms with Crippen molar-refractivity contribution in [3.63, 3.8) is 0 Å². The Morgan fingerprint density at radius 3 is 1.42 bits per heavy atom. The first-order valence-corrected chi connectivity index (χ1v) is 27.8. The summed E-state index contributed by atoms with van der Waals surface area (Å²) in [5, 5.41) is 4.33. The standard InChI is InChI=1S/C24H27.C21H14F9.C2H6Si.2ClH.Zr/c1-24(2,3)21-13-11-18(12-14-21)22-10-6-9-19-15-20(16-23(19)22)17-7-4-5-8-17;1-2-12-10-14-4-3-5-16(17(14)11-12)13-6-8-15(9-7-13)18(19(22,23)24,20(25,26)27)21(28,29)30;1-3-2;;;/h6,9-17H,4-5,7-8H2,1-3H3;3-11H,2H2,1H3;1-2H3;2*1H;/q2*-1;;;;+4/p-2. The number of aryl methyl sites for hydroxylation is 1. The normalized spacial score (nSPS) is 13.8. The quantitative estimate of drug-likeness (QED) is 0.0917. The molecule has 0 aliphatic heterocycles. The van der Waals surface area contributed by atoms with Gasteiger partial charge in [-0.1, -0.05) is 125 Å². The third-order valence-corrected chi connectivity index (χ3v) is 10.8. The van der Waals surface area contributed by atoms with Crippen molar-refractivity contribution >= 4 is 48.1 Å². The summed E-state index contributed by atoms with van der Waals surface area (Å²) in [6.07, 6.45) is -13.7. The minimum absolute atomic E-state index is 0.207. The molecule has 0 bridgehead atoms. The Hall–Kier alpha value is -2.85. The molecule has 1 aliphatic carbocycles. The van der Waals surface area contributed by atoms with Gasteiger partial charge in [0.1, 0.15) is 0 Å². The molecule has 0 atom stereocenters. The Balaban J connectivity index is 0.000000238. The summed E-state index contributed by atoms with van der Waals surface area (Å²) in [7, 11) is 11.0. The van der Waals surface area contributed by atoms with Gasteiger partial charge in [-0.25, -0.2) is 0 Å². The number of rotatable bonds is 5. The summed E-state index contributed by atoms with van der Waals surface area (Å²) in [5.41, 5.74) is -0.369. The van der Waals surface area contributed by atoms with Gasteiger partial charge < -0.3 is 0 Å². The second-order valence-corrected chi connectivity index (χ2v) is 20.6. The van der Waals surface area contributed by atoms with Crippen molar-refractivity contribution in [3.05, 3.63) is 131 Å². The number of alkyl halides is 9. The summed E-state index contributed by atoms with van der Waals surface area (Å²) in [4.78, 5) is 0. The van der Waals surface area contributed by atoms with Crippen LogP contribution in [-0.2, 0) is 38.1 Å². The first-order valence-electron chi connectivity index (χ1n) is 19.4. The Morgan fingerprint density at radius 1 is 0.617 bits per heavy atom. The SMILES string of the molecule is CC(C)(C)c1ccc(-c2cccc3[cH-]c(C4CCCC4)cc23)cc1.CCc1cc2c(-c3ccc(C(C(F)(F)F)(C(F)(F)F)C(F)(F)F)cc3)cccc2[cH-]1.C[Si]C.[Cl][Zr+2][Cl]. The van der Waals surface area contributed by atoms with Crippen molar-refractivity contribution in [2.45, 2.75) is 108 Å². The van der Waals surface area contributed by atoms with E-state index < -0.39 is 50.4 Å². The average Bonchev–Trinajstić information content (AvgIpc) is 3.94. The zero-order valence-electron chi connectivity index (χ0n) is 34.2. The summed E-state index contributed by atoms with van der Waals surface area (Å²) in [6.45, 7) is 13.0. The van der Waals surface area contributed by atoms with E-state index in [9.17, 15) is 39.5 Å². The van der Waals surface area contributed by atoms with Crippen LogP contribution in [0.5, 0.6) is 0 Å². The number of benzene rings is 4. The fourth-order valence-electron chi connectivity index (χ4n) is 7.78. The van der Waals surface area contributed by atoms with E-state index in [-0.39, 0.29) is 23.1 Å². The molecule has 7 rings (SSSR count). The predicted molar refractivity (Wildman–Crippen MR) is 228 cm³/mol. The van der Waals surface area contributed by atoms with Crippen LogP contribution >= 0.6 is 17.0 Å². The van der Waals surface area contributed by atoms with E-state index in [1.54, 1.807) is 23.8 Å². The second-order valence-electron chi connectivity index (χ2n) is 15.8. The summed E-state index contributed by atoms with van der Waals surface area (Å²) in [6, 6.07) is 31.7. The van der Waals surface area contributed by atoms with Gasteiger partial charge in [0.25, 0.3) is 5.41 Å². The monoisotopic (exact) mass is 970 g/mol. The molecule has 0 amide bonds. The molecule has 0 saturated heterocycles. The van der Waals surface area contributed by atoms with Gasteiger partial charge in [-0.15, -0.1) is 69.1 Å². The molecule has 1 fully saturated rings. The molecule has 2 radical (unpaired) electrons. The van der Waals surface area contributed by atoms with Crippen molar-refractivity contribution < 1.29 is 60.4 Å². The molecular weight excluding hydrogens is 926 g/mol. The van der Waals surface area contributed by atoms with E-state index in [0.717, 1.165) is 38.5 Å². The molecule has 6 aromatic carbocycles. The number of hydrogen-bond donors (Lipinski definition) is 0. The first kappa shape index (κ1) is 49.8. The van der Waals surface area contributed by atoms with Crippen LogP contribution in [0.2, 0.25) is 13.1 Å². The molecule has 1 aliphatic rings. The van der Waals surface area contributed by atoms with Gasteiger partial charge in [0.2, 0.25) is 0 Å². The average molecular weight is 973 g/mol. The molecule has 0 heterocycles. The molecule has 0 N–H and O–H groups in total. The summed E-state index contributed by atoms with van der Waals surface area (Å²) >= 11 is -0.826. The molecule has 320 valence electrons. The topological polar surface area (TPSA) is 0 Å². The van der Waals surface area contributed by atoms with E-state index in [2.05, 4.69) is 88.5 Å². The number of halogens is 11. The molecule has 13 heteroatoms. The van der Waals surface area contributed by atoms with Crippen molar-refractivity contribution in [1.29, 1.82) is 0 Å². The van der Waals surface area contributed by atoms with Crippen LogP contribution in [0.3, 0.4) is 0 Å². The predicted octanol–water partition coefficient (Wildman–Crippen LogP) is 17.1. The van der Waals surface area contributed by atoms with Gasteiger partial charge in [0, 0.05) is 9.52 Å². The van der Waals surface area contributed by atoms with Gasteiger partial charge >= 0.3 is 56.4 Å². The zero-order valence-corrected chi connectivity index (χ0v) is 39.1. The maximum atomic E-state index is 13.3. The van der Waals surface area contributed by atoms with Crippen LogP contribution in [0, 0.1) is 0 Å². The maximum absolute atomic E-state index is 13.3. The fraction of sp³-hybridized carbons (Fsp3) is 0.362. The van der Waals surface area contributed by atoms with E-state index >= 15 is 0 Å². The molecule has 6 aromatic rings. The van der Waals surface area contributed by atoms with Gasteiger partial charge in [-0.2, -0.15) is 51.6 Å². The van der Waals surface area contributed by atoms with Gasteiger partial charge in [0.15, 0.2) is 0 Å². The second kappa shape index (κ2) is 20.6. The van der Waals surface area contributed by atoms with Gasteiger partial charge in [-0.05, 0) is 52.8 Å².